The van der Waals surface area contributed by atoms with Gasteiger partial charge in [-0.2, -0.15) is 39.5 Å². The van der Waals surface area contributed by atoms with E-state index in [0.29, 0.717) is 13.2 Å². The zero-order chi connectivity index (χ0) is 18.2. The minimum atomic E-state index is -6.83. The number of hydrogen-bond donors (Lipinski definition) is 0. The smallest absolute Gasteiger partial charge is 0.381 e. The van der Waals surface area contributed by atoms with E-state index in [0.717, 1.165) is 0 Å². The molecule has 1 heterocycles. The molecule has 23 heavy (non-hydrogen) atoms. The molecule has 0 bridgehead atoms. The van der Waals surface area contributed by atoms with E-state index in [2.05, 4.69) is 0 Å². The Bertz CT molecular complexity index is 402. The van der Waals surface area contributed by atoms with Crippen molar-refractivity contribution < 1.29 is 49.0 Å². The van der Waals surface area contributed by atoms with Gasteiger partial charge in [-0.05, 0) is 6.42 Å². The third-order valence-electron chi connectivity index (χ3n) is 3.34. The minimum absolute atomic E-state index is 0.0771. The maximum atomic E-state index is 13.2. The Morgan fingerprint density at radius 2 is 1.43 bits per heavy atom. The first-order valence-corrected chi connectivity index (χ1v) is 6.52. The van der Waals surface area contributed by atoms with Crippen molar-refractivity contribution in [1.82, 2.24) is 0 Å². The summed E-state index contributed by atoms with van der Waals surface area (Å²) in [5.74, 6) is -18.9. The van der Waals surface area contributed by atoms with Crippen molar-refractivity contribution in [3.8, 4) is 0 Å². The molecule has 0 aromatic rings. The summed E-state index contributed by atoms with van der Waals surface area (Å²) in [5.41, 5.74) is -0.338. The fourth-order valence-electron chi connectivity index (χ4n) is 1.81. The third kappa shape index (κ3) is 4.04. The zero-order valence-corrected chi connectivity index (χ0v) is 12.0. The Labute approximate surface area is 125 Å². The van der Waals surface area contributed by atoms with Crippen LogP contribution in [0, 0.1) is 5.41 Å². The van der Waals surface area contributed by atoms with Gasteiger partial charge in [0.15, 0.2) is 0 Å². The van der Waals surface area contributed by atoms with E-state index in [1.165, 1.54) is 0 Å². The maximum absolute atomic E-state index is 13.2. The summed E-state index contributed by atoms with van der Waals surface area (Å²) in [6.45, 7) is 2.08. The number of ether oxygens (including phenoxy) is 2. The van der Waals surface area contributed by atoms with Crippen LogP contribution in [0.3, 0.4) is 0 Å². The van der Waals surface area contributed by atoms with Gasteiger partial charge in [0.25, 0.3) is 0 Å². The van der Waals surface area contributed by atoms with E-state index in [9.17, 15) is 39.5 Å². The molecule has 0 saturated carbocycles. The summed E-state index contributed by atoms with van der Waals surface area (Å²) in [4.78, 5) is 0. The van der Waals surface area contributed by atoms with Crippen LogP contribution in [0.1, 0.15) is 19.8 Å². The van der Waals surface area contributed by atoms with E-state index < -0.39 is 43.4 Å². The molecule has 0 N–H and O–H groups in total. The Morgan fingerprint density at radius 3 is 1.83 bits per heavy atom. The highest BCUT2D eigenvalue weighted by molar-refractivity contribution is 5.00. The van der Waals surface area contributed by atoms with Gasteiger partial charge in [-0.3, -0.25) is 0 Å². The Morgan fingerprint density at radius 1 is 0.913 bits per heavy atom. The van der Waals surface area contributed by atoms with Crippen LogP contribution in [0.25, 0.3) is 0 Å². The summed E-state index contributed by atoms with van der Waals surface area (Å²) in [6.07, 6.45) is -9.44. The van der Waals surface area contributed by atoms with Gasteiger partial charge < -0.3 is 9.47 Å². The molecule has 0 aromatic heterocycles. The van der Waals surface area contributed by atoms with Gasteiger partial charge in [-0.1, -0.05) is 6.92 Å². The normalized spacial score (nSPS) is 19.6. The fourth-order valence-corrected chi connectivity index (χ4v) is 1.81. The quantitative estimate of drug-likeness (QED) is 0.474. The van der Waals surface area contributed by atoms with Crippen molar-refractivity contribution in [2.75, 3.05) is 26.4 Å². The molecule has 0 spiro atoms. The first-order valence-electron chi connectivity index (χ1n) is 6.52. The lowest BCUT2D eigenvalue weighted by molar-refractivity contribution is -0.396. The van der Waals surface area contributed by atoms with Crippen LogP contribution in [-0.4, -0.2) is 50.4 Å². The lowest BCUT2D eigenvalue weighted by Gasteiger charge is -2.37. The molecule has 1 fully saturated rings. The second kappa shape index (κ2) is 6.30. The first-order chi connectivity index (χ1) is 10.2. The summed E-state index contributed by atoms with van der Waals surface area (Å²) < 4.78 is 123. The second-order valence-electron chi connectivity index (χ2n) is 5.81. The lowest BCUT2D eigenvalue weighted by Crippen LogP contribution is -2.60. The average Bonchev–Trinajstić information content (AvgIpc) is 2.34. The SMILES string of the molecule is CC1(COCCCC(F)(F)C(F)(F)C(F)(F)C(F)(F)F)COC1. The average molecular weight is 362 g/mol. The van der Waals surface area contributed by atoms with Crippen LogP contribution in [0.5, 0.6) is 0 Å². The van der Waals surface area contributed by atoms with Gasteiger partial charge in [0.2, 0.25) is 0 Å². The highest BCUT2D eigenvalue weighted by atomic mass is 19.4. The standard InChI is InChI=1S/C12H15F9O2/c1-8(6-23-7-8)5-22-4-2-3-9(13,14)10(15,16)11(17,18)12(19,20)21/h2-7H2,1H3. The molecule has 0 unspecified atom stereocenters. The van der Waals surface area contributed by atoms with E-state index in [1.54, 1.807) is 6.92 Å². The number of alkyl halides is 9. The maximum Gasteiger partial charge on any atom is 0.460 e. The molecule has 0 aliphatic carbocycles. The molecule has 0 radical (unpaired) electrons. The molecule has 0 amide bonds. The largest absolute Gasteiger partial charge is 0.460 e. The van der Waals surface area contributed by atoms with E-state index in [-0.39, 0.29) is 12.0 Å². The fraction of sp³-hybridized carbons (Fsp3) is 1.00. The molecule has 138 valence electrons. The van der Waals surface area contributed by atoms with Crippen molar-refractivity contribution in [2.24, 2.45) is 5.41 Å². The van der Waals surface area contributed by atoms with E-state index >= 15 is 0 Å². The van der Waals surface area contributed by atoms with Crippen molar-refractivity contribution in [3.05, 3.63) is 0 Å². The minimum Gasteiger partial charge on any atom is -0.381 e. The van der Waals surface area contributed by atoms with Crippen LogP contribution >= 0.6 is 0 Å². The number of hydrogen-bond acceptors (Lipinski definition) is 2. The van der Waals surface area contributed by atoms with E-state index in [1.807, 2.05) is 0 Å². The van der Waals surface area contributed by atoms with Crippen molar-refractivity contribution in [2.45, 2.75) is 43.7 Å². The van der Waals surface area contributed by atoms with Crippen LogP contribution in [-0.2, 0) is 9.47 Å². The topological polar surface area (TPSA) is 18.5 Å². The van der Waals surface area contributed by atoms with Crippen molar-refractivity contribution >= 4 is 0 Å². The van der Waals surface area contributed by atoms with E-state index in [4.69, 9.17) is 9.47 Å². The Kier molecular flexibility index (Phi) is 5.57. The molecule has 1 rings (SSSR count). The van der Waals surface area contributed by atoms with Crippen LogP contribution in [0.15, 0.2) is 0 Å². The molecule has 1 aliphatic rings. The van der Waals surface area contributed by atoms with Crippen LogP contribution < -0.4 is 0 Å². The van der Waals surface area contributed by atoms with Gasteiger partial charge in [-0.15, -0.1) is 0 Å². The summed E-state index contributed by atoms with van der Waals surface area (Å²) >= 11 is 0. The van der Waals surface area contributed by atoms with Gasteiger partial charge in [-0.25, -0.2) is 0 Å². The summed E-state index contributed by atoms with van der Waals surface area (Å²) in [5, 5.41) is 0. The predicted octanol–water partition coefficient (Wildman–Crippen LogP) is 4.29. The molecular formula is C12H15F9O2. The van der Waals surface area contributed by atoms with Crippen LogP contribution in [0.4, 0.5) is 39.5 Å². The van der Waals surface area contributed by atoms with Crippen molar-refractivity contribution in [3.63, 3.8) is 0 Å². The van der Waals surface area contributed by atoms with Crippen LogP contribution in [0.2, 0.25) is 0 Å². The summed E-state index contributed by atoms with van der Waals surface area (Å²) in [6, 6.07) is 0. The molecule has 1 aliphatic heterocycles. The molecule has 0 aromatic carbocycles. The first kappa shape index (κ1) is 20.3. The molecule has 11 heteroatoms. The van der Waals surface area contributed by atoms with Crippen molar-refractivity contribution in [1.29, 1.82) is 0 Å². The molecule has 1 saturated heterocycles. The monoisotopic (exact) mass is 362 g/mol. The number of halogens is 9. The van der Waals surface area contributed by atoms with Gasteiger partial charge >= 0.3 is 23.9 Å². The molecule has 2 nitrogen and oxygen atoms in total. The van der Waals surface area contributed by atoms with Gasteiger partial charge in [0, 0.05) is 18.4 Å². The molecular weight excluding hydrogens is 347 g/mol. The second-order valence-corrected chi connectivity index (χ2v) is 5.81. The zero-order valence-electron chi connectivity index (χ0n) is 12.0. The number of rotatable bonds is 8. The lowest BCUT2D eigenvalue weighted by atomic mass is 9.90. The predicted molar refractivity (Wildman–Crippen MR) is 59.9 cm³/mol. The Balaban J connectivity index is 2.53. The summed E-state index contributed by atoms with van der Waals surface area (Å²) in [7, 11) is 0. The highest BCUT2D eigenvalue weighted by Gasteiger charge is 2.81. The third-order valence-corrected chi connectivity index (χ3v) is 3.34. The van der Waals surface area contributed by atoms with Gasteiger partial charge in [0.1, 0.15) is 0 Å². The van der Waals surface area contributed by atoms with Gasteiger partial charge in [0.05, 0.1) is 19.8 Å². The highest BCUT2D eigenvalue weighted by Crippen LogP contribution is 2.54. The molecule has 0 atom stereocenters. The Hall–Kier alpha value is -0.710.